The first-order valence-corrected chi connectivity index (χ1v) is 8.75. The highest BCUT2D eigenvalue weighted by molar-refractivity contribution is 5.90. The minimum absolute atomic E-state index is 0.0112. The lowest BCUT2D eigenvalue weighted by atomic mass is 9.88. The van der Waals surface area contributed by atoms with Gasteiger partial charge in [0.05, 0.1) is 23.5 Å². The number of benzene rings is 1. The van der Waals surface area contributed by atoms with E-state index in [1.54, 1.807) is 23.7 Å². The van der Waals surface area contributed by atoms with E-state index in [0.717, 1.165) is 12.8 Å². The third kappa shape index (κ3) is 2.12. The van der Waals surface area contributed by atoms with Crippen LogP contribution in [-0.4, -0.2) is 33.9 Å². The van der Waals surface area contributed by atoms with Crippen LogP contribution in [0.25, 0.3) is 5.69 Å². The van der Waals surface area contributed by atoms with Gasteiger partial charge in [0.25, 0.3) is 0 Å². The molecule has 6 nitrogen and oxygen atoms in total. The van der Waals surface area contributed by atoms with Crippen LogP contribution >= 0.6 is 0 Å². The number of hydrogen-bond acceptors (Lipinski definition) is 5. The number of carbonyl (C=O) groups excluding carboxylic acids is 2. The Morgan fingerprint density at radius 2 is 2.08 bits per heavy atom. The van der Waals surface area contributed by atoms with Gasteiger partial charge in [-0.25, -0.2) is 13.9 Å². The molecule has 2 heterocycles. The zero-order chi connectivity index (χ0) is 18.0. The lowest BCUT2D eigenvalue weighted by Crippen LogP contribution is -2.36. The van der Waals surface area contributed by atoms with Crippen molar-refractivity contribution in [3.63, 3.8) is 0 Å². The Bertz CT molecular complexity index is 907. The molecule has 134 valence electrons. The first-order valence-electron chi connectivity index (χ1n) is 8.75. The molecule has 1 aromatic carbocycles. The zero-order valence-electron chi connectivity index (χ0n) is 14.1. The van der Waals surface area contributed by atoms with Gasteiger partial charge in [-0.2, -0.15) is 5.10 Å². The number of carbonyl (C=O) groups is 2. The summed E-state index contributed by atoms with van der Waals surface area (Å²) < 4.78 is 25.8. The number of rotatable bonds is 3. The van der Waals surface area contributed by atoms with Gasteiger partial charge in [0, 0.05) is 11.8 Å². The van der Waals surface area contributed by atoms with Crippen LogP contribution in [0.2, 0.25) is 0 Å². The number of nitrogens with zero attached hydrogens (tertiary/aromatic N) is 2. The lowest BCUT2D eigenvalue weighted by Gasteiger charge is -2.25. The van der Waals surface area contributed by atoms with Crippen LogP contribution in [0.4, 0.5) is 4.39 Å². The summed E-state index contributed by atoms with van der Waals surface area (Å²) in [6.45, 7) is 1.76. The summed E-state index contributed by atoms with van der Waals surface area (Å²) in [6, 6.07) is 5.88. The molecule has 0 spiro atoms. The molecule has 5 atom stereocenters. The molecule has 2 bridgehead atoms. The fourth-order valence-electron chi connectivity index (χ4n) is 4.70. The van der Waals surface area contributed by atoms with Gasteiger partial charge in [0.15, 0.2) is 0 Å². The monoisotopic (exact) mass is 356 g/mol. The van der Waals surface area contributed by atoms with Gasteiger partial charge in [0.2, 0.25) is 0 Å². The first-order chi connectivity index (χ1) is 12.5. The quantitative estimate of drug-likeness (QED) is 0.790. The van der Waals surface area contributed by atoms with Crippen LogP contribution in [0.1, 0.15) is 28.9 Å². The van der Waals surface area contributed by atoms with Crippen molar-refractivity contribution in [3.8, 4) is 5.69 Å². The second-order valence-electron chi connectivity index (χ2n) is 7.31. The summed E-state index contributed by atoms with van der Waals surface area (Å²) in [5.41, 5.74) is 1.64. The standard InChI is InChI=1S/C19H17FN2O4/c1-9-15(8-21-22(9)12-4-2-11(20)3-5-12)19(24)25-16-10-6-13-14(7-10)18(23)26-17(13)16/h2-5,8,10,13-14,16-17H,6-7H2,1H3. The average Bonchev–Trinajstić information content (AvgIpc) is 3.33. The van der Waals surface area contributed by atoms with E-state index < -0.39 is 5.97 Å². The molecule has 1 aliphatic heterocycles. The largest absolute Gasteiger partial charge is 0.458 e. The van der Waals surface area contributed by atoms with Gasteiger partial charge >= 0.3 is 11.9 Å². The molecule has 1 saturated heterocycles. The summed E-state index contributed by atoms with van der Waals surface area (Å²) in [7, 11) is 0. The van der Waals surface area contributed by atoms with Crippen LogP contribution in [-0.2, 0) is 14.3 Å². The summed E-state index contributed by atoms with van der Waals surface area (Å²) in [5.74, 6) is -0.581. The van der Waals surface area contributed by atoms with Crippen molar-refractivity contribution < 1.29 is 23.5 Å². The van der Waals surface area contributed by atoms with E-state index in [1.165, 1.54) is 18.3 Å². The molecule has 2 aliphatic carbocycles. The molecule has 0 radical (unpaired) electrons. The molecule has 26 heavy (non-hydrogen) atoms. The van der Waals surface area contributed by atoms with Crippen molar-refractivity contribution in [1.29, 1.82) is 0 Å². The van der Waals surface area contributed by atoms with Gasteiger partial charge in [-0.3, -0.25) is 4.79 Å². The number of aromatic nitrogens is 2. The molecule has 2 aromatic rings. The molecule has 7 heteroatoms. The van der Waals surface area contributed by atoms with Crippen molar-refractivity contribution in [2.75, 3.05) is 0 Å². The summed E-state index contributed by atoms with van der Waals surface area (Å²) >= 11 is 0. The van der Waals surface area contributed by atoms with E-state index in [4.69, 9.17) is 9.47 Å². The predicted octanol–water partition coefficient (Wildman–Crippen LogP) is 2.43. The van der Waals surface area contributed by atoms with E-state index in [1.807, 2.05) is 0 Å². The molecule has 2 saturated carbocycles. The minimum Gasteiger partial charge on any atom is -0.458 e. The number of ether oxygens (including phenoxy) is 2. The summed E-state index contributed by atoms with van der Waals surface area (Å²) in [6.07, 6.45) is 2.41. The van der Waals surface area contributed by atoms with Crippen molar-refractivity contribution in [1.82, 2.24) is 9.78 Å². The Balaban J connectivity index is 1.37. The molecular formula is C19H17FN2O4. The molecule has 0 amide bonds. The molecule has 3 fully saturated rings. The van der Waals surface area contributed by atoms with E-state index in [-0.39, 0.29) is 41.7 Å². The maximum atomic E-state index is 13.1. The smallest absolute Gasteiger partial charge is 0.342 e. The van der Waals surface area contributed by atoms with Crippen LogP contribution in [0.3, 0.4) is 0 Å². The van der Waals surface area contributed by atoms with Crippen molar-refractivity contribution >= 4 is 11.9 Å². The minimum atomic E-state index is -0.465. The van der Waals surface area contributed by atoms with Gasteiger partial charge in [0.1, 0.15) is 23.6 Å². The number of esters is 2. The Morgan fingerprint density at radius 3 is 2.85 bits per heavy atom. The maximum Gasteiger partial charge on any atom is 0.342 e. The lowest BCUT2D eigenvalue weighted by molar-refractivity contribution is -0.146. The predicted molar refractivity (Wildman–Crippen MR) is 87.0 cm³/mol. The maximum absolute atomic E-state index is 13.1. The third-order valence-electron chi connectivity index (χ3n) is 5.96. The fourth-order valence-corrected chi connectivity index (χ4v) is 4.70. The van der Waals surface area contributed by atoms with Gasteiger partial charge in [-0.1, -0.05) is 0 Å². The van der Waals surface area contributed by atoms with Crippen LogP contribution in [0, 0.1) is 30.5 Å². The highest BCUT2D eigenvalue weighted by Crippen LogP contribution is 2.55. The van der Waals surface area contributed by atoms with Crippen LogP contribution in [0.15, 0.2) is 30.5 Å². The summed E-state index contributed by atoms with van der Waals surface area (Å²) in [4.78, 5) is 24.5. The van der Waals surface area contributed by atoms with Crippen LogP contribution < -0.4 is 0 Å². The van der Waals surface area contributed by atoms with Gasteiger partial charge < -0.3 is 9.47 Å². The Hall–Kier alpha value is -2.70. The van der Waals surface area contributed by atoms with Crippen molar-refractivity contribution in [2.45, 2.75) is 32.0 Å². The SMILES string of the molecule is Cc1c(C(=O)OC2C3CC4C(=O)OC2C4C3)cnn1-c1ccc(F)cc1. The normalized spacial score (nSPS) is 31.3. The Kier molecular flexibility index (Phi) is 3.23. The second-order valence-corrected chi connectivity index (χ2v) is 7.31. The first kappa shape index (κ1) is 15.5. The van der Waals surface area contributed by atoms with Gasteiger partial charge in [-0.05, 0) is 44.0 Å². The molecular weight excluding hydrogens is 339 g/mol. The molecule has 3 aliphatic rings. The highest BCUT2D eigenvalue weighted by atomic mass is 19.1. The van der Waals surface area contributed by atoms with Gasteiger partial charge in [-0.15, -0.1) is 0 Å². The molecule has 5 rings (SSSR count). The molecule has 1 aromatic heterocycles. The van der Waals surface area contributed by atoms with Crippen molar-refractivity contribution in [3.05, 3.63) is 47.5 Å². The number of hydrogen-bond donors (Lipinski definition) is 0. The third-order valence-corrected chi connectivity index (χ3v) is 5.96. The number of halogens is 1. The Labute approximate surface area is 148 Å². The van der Waals surface area contributed by atoms with E-state index >= 15 is 0 Å². The van der Waals surface area contributed by atoms with Crippen LogP contribution in [0.5, 0.6) is 0 Å². The van der Waals surface area contributed by atoms with Crippen molar-refractivity contribution in [2.24, 2.45) is 17.8 Å². The summed E-state index contributed by atoms with van der Waals surface area (Å²) in [5, 5.41) is 4.23. The highest BCUT2D eigenvalue weighted by Gasteiger charge is 2.63. The molecule has 0 N–H and O–H groups in total. The Morgan fingerprint density at radius 1 is 1.31 bits per heavy atom. The number of fused-ring (bicyclic) bond motifs is 1. The van der Waals surface area contributed by atoms with E-state index in [9.17, 15) is 14.0 Å². The fraction of sp³-hybridized carbons (Fsp3) is 0.421. The topological polar surface area (TPSA) is 70.4 Å². The van der Waals surface area contributed by atoms with E-state index in [2.05, 4.69) is 5.10 Å². The molecule has 5 unspecified atom stereocenters. The zero-order valence-corrected chi connectivity index (χ0v) is 14.1. The second kappa shape index (κ2) is 5.40. The van der Waals surface area contributed by atoms with E-state index in [0.29, 0.717) is 16.9 Å². The average molecular weight is 356 g/mol.